The molecule has 0 bridgehead atoms. The van der Waals surface area contributed by atoms with Gasteiger partial charge in [-0.3, -0.25) is 11.3 Å². The number of nitrogens with one attached hydrogen (secondary N) is 1. The van der Waals surface area contributed by atoms with Crippen LogP contribution in [0.5, 0.6) is 5.75 Å². The van der Waals surface area contributed by atoms with Crippen molar-refractivity contribution in [2.75, 3.05) is 7.11 Å². The fourth-order valence-electron chi connectivity index (χ4n) is 1.48. The van der Waals surface area contributed by atoms with Crippen molar-refractivity contribution in [1.82, 2.24) is 10.4 Å². The highest BCUT2D eigenvalue weighted by Gasteiger charge is 2.10. The number of hydrogen-bond acceptors (Lipinski definition) is 5. The van der Waals surface area contributed by atoms with Crippen molar-refractivity contribution in [2.45, 2.75) is 6.54 Å². The van der Waals surface area contributed by atoms with E-state index < -0.39 is 0 Å². The maximum absolute atomic E-state index is 5.33. The van der Waals surface area contributed by atoms with Gasteiger partial charge >= 0.3 is 0 Å². The summed E-state index contributed by atoms with van der Waals surface area (Å²) in [5, 5.41) is 2.95. The first kappa shape index (κ1) is 12.5. The molecule has 0 saturated heterocycles. The van der Waals surface area contributed by atoms with Gasteiger partial charge in [-0.2, -0.15) is 0 Å². The summed E-state index contributed by atoms with van der Waals surface area (Å²) >= 11 is 5.02. The standard InChI is InChI=1S/C11H12BrN3OS/c1-16-10-3-2-7(12)4-8(10)9-6-17-11(15-9)5-14-13/h2-4,6,14H,5,13H2,1H3. The molecule has 6 heteroatoms. The van der Waals surface area contributed by atoms with E-state index >= 15 is 0 Å². The third-order valence-electron chi connectivity index (χ3n) is 2.24. The topological polar surface area (TPSA) is 60.2 Å². The molecule has 0 atom stereocenters. The van der Waals surface area contributed by atoms with Gasteiger partial charge in [0.1, 0.15) is 10.8 Å². The van der Waals surface area contributed by atoms with Gasteiger partial charge in [0.05, 0.1) is 19.3 Å². The summed E-state index contributed by atoms with van der Waals surface area (Å²) in [4.78, 5) is 4.50. The van der Waals surface area contributed by atoms with Crippen molar-refractivity contribution < 1.29 is 4.74 Å². The number of thiazole rings is 1. The van der Waals surface area contributed by atoms with Gasteiger partial charge in [0, 0.05) is 15.4 Å². The Morgan fingerprint density at radius 1 is 1.53 bits per heavy atom. The van der Waals surface area contributed by atoms with Gasteiger partial charge in [-0.1, -0.05) is 15.9 Å². The molecule has 0 aliphatic rings. The van der Waals surface area contributed by atoms with Gasteiger partial charge in [0.2, 0.25) is 0 Å². The molecule has 2 aromatic rings. The Morgan fingerprint density at radius 2 is 2.35 bits per heavy atom. The molecule has 4 nitrogen and oxygen atoms in total. The van der Waals surface area contributed by atoms with Crippen LogP contribution in [0.15, 0.2) is 28.1 Å². The Morgan fingerprint density at radius 3 is 3.06 bits per heavy atom. The van der Waals surface area contributed by atoms with Crippen LogP contribution in [0.25, 0.3) is 11.3 Å². The first-order valence-corrected chi connectivity index (χ1v) is 6.63. The highest BCUT2D eigenvalue weighted by atomic mass is 79.9. The van der Waals surface area contributed by atoms with Crippen molar-refractivity contribution >= 4 is 27.3 Å². The first-order valence-electron chi connectivity index (χ1n) is 4.96. The number of hydrogen-bond donors (Lipinski definition) is 2. The summed E-state index contributed by atoms with van der Waals surface area (Å²) in [6.07, 6.45) is 0. The van der Waals surface area contributed by atoms with Crippen LogP contribution in [0, 0.1) is 0 Å². The molecular weight excluding hydrogens is 302 g/mol. The second kappa shape index (κ2) is 5.59. The lowest BCUT2D eigenvalue weighted by Gasteiger charge is -2.06. The Labute approximate surface area is 112 Å². The fourth-order valence-corrected chi connectivity index (χ4v) is 2.59. The summed E-state index contributed by atoms with van der Waals surface area (Å²) < 4.78 is 6.33. The predicted molar refractivity (Wildman–Crippen MR) is 72.8 cm³/mol. The third-order valence-corrected chi connectivity index (χ3v) is 3.58. The molecule has 0 aliphatic carbocycles. The number of halogens is 1. The molecule has 3 N–H and O–H groups in total. The average molecular weight is 314 g/mol. The van der Waals surface area contributed by atoms with Crippen molar-refractivity contribution in [2.24, 2.45) is 5.84 Å². The maximum Gasteiger partial charge on any atom is 0.128 e. The van der Waals surface area contributed by atoms with E-state index in [1.807, 2.05) is 23.6 Å². The largest absolute Gasteiger partial charge is 0.496 e. The molecule has 0 spiro atoms. The van der Waals surface area contributed by atoms with Gasteiger partial charge in [0.25, 0.3) is 0 Å². The Bertz CT molecular complexity index is 515. The van der Waals surface area contributed by atoms with E-state index in [1.165, 1.54) is 0 Å². The average Bonchev–Trinajstić information content (AvgIpc) is 2.78. The minimum absolute atomic E-state index is 0.570. The lowest BCUT2D eigenvalue weighted by Crippen LogP contribution is -2.20. The Balaban J connectivity index is 2.40. The van der Waals surface area contributed by atoms with Gasteiger partial charge in [-0.05, 0) is 18.2 Å². The van der Waals surface area contributed by atoms with E-state index in [4.69, 9.17) is 10.6 Å². The van der Waals surface area contributed by atoms with E-state index in [-0.39, 0.29) is 0 Å². The van der Waals surface area contributed by atoms with Crippen LogP contribution in [-0.4, -0.2) is 12.1 Å². The van der Waals surface area contributed by atoms with E-state index in [9.17, 15) is 0 Å². The minimum Gasteiger partial charge on any atom is -0.496 e. The van der Waals surface area contributed by atoms with E-state index in [1.54, 1.807) is 18.4 Å². The minimum atomic E-state index is 0.570. The number of benzene rings is 1. The van der Waals surface area contributed by atoms with Crippen LogP contribution >= 0.6 is 27.3 Å². The predicted octanol–water partition coefficient (Wildman–Crippen LogP) is 2.54. The maximum atomic E-state index is 5.33. The summed E-state index contributed by atoms with van der Waals surface area (Å²) in [6.45, 7) is 0.570. The highest BCUT2D eigenvalue weighted by molar-refractivity contribution is 9.10. The Hall–Kier alpha value is -0.950. The van der Waals surface area contributed by atoms with Crippen LogP contribution in [0.2, 0.25) is 0 Å². The molecule has 0 saturated carbocycles. The molecule has 0 unspecified atom stereocenters. The molecule has 0 radical (unpaired) electrons. The van der Waals surface area contributed by atoms with Gasteiger partial charge in [-0.15, -0.1) is 11.3 Å². The molecule has 17 heavy (non-hydrogen) atoms. The van der Waals surface area contributed by atoms with E-state index in [0.717, 1.165) is 26.5 Å². The molecule has 0 amide bonds. The van der Waals surface area contributed by atoms with Crippen LogP contribution in [-0.2, 0) is 6.54 Å². The molecular formula is C11H12BrN3OS. The molecule has 1 heterocycles. The van der Waals surface area contributed by atoms with Crippen molar-refractivity contribution in [1.29, 1.82) is 0 Å². The van der Waals surface area contributed by atoms with Gasteiger partial charge in [0.15, 0.2) is 0 Å². The monoisotopic (exact) mass is 313 g/mol. The zero-order chi connectivity index (χ0) is 12.3. The first-order chi connectivity index (χ1) is 8.24. The summed E-state index contributed by atoms with van der Waals surface area (Å²) in [5.41, 5.74) is 4.47. The highest BCUT2D eigenvalue weighted by Crippen LogP contribution is 2.33. The number of methoxy groups -OCH3 is 1. The Kier molecular flexibility index (Phi) is 4.11. The van der Waals surface area contributed by atoms with E-state index in [0.29, 0.717) is 6.54 Å². The van der Waals surface area contributed by atoms with Gasteiger partial charge < -0.3 is 4.74 Å². The zero-order valence-electron chi connectivity index (χ0n) is 9.24. The molecule has 90 valence electrons. The van der Waals surface area contributed by atoms with Crippen LogP contribution in [0.4, 0.5) is 0 Å². The molecule has 2 rings (SSSR count). The number of nitrogens with zero attached hydrogens (tertiary/aromatic N) is 1. The van der Waals surface area contributed by atoms with Crippen molar-refractivity contribution in [3.05, 3.63) is 33.1 Å². The lowest BCUT2D eigenvalue weighted by molar-refractivity contribution is 0.416. The number of hydrazine groups is 1. The van der Waals surface area contributed by atoms with Crippen molar-refractivity contribution in [3.8, 4) is 17.0 Å². The lowest BCUT2D eigenvalue weighted by atomic mass is 10.1. The fraction of sp³-hybridized carbons (Fsp3) is 0.182. The normalized spacial score (nSPS) is 10.5. The molecule has 0 aliphatic heterocycles. The quantitative estimate of drug-likeness (QED) is 0.672. The number of ether oxygens (including phenoxy) is 1. The summed E-state index contributed by atoms with van der Waals surface area (Å²) in [5.74, 6) is 6.08. The molecule has 0 fully saturated rings. The SMILES string of the molecule is COc1ccc(Br)cc1-c1csc(CNN)n1. The van der Waals surface area contributed by atoms with Crippen LogP contribution in [0.3, 0.4) is 0 Å². The second-order valence-electron chi connectivity index (χ2n) is 3.35. The number of nitrogens with two attached hydrogens (primary N) is 1. The number of aromatic nitrogens is 1. The second-order valence-corrected chi connectivity index (χ2v) is 5.21. The molecule has 1 aromatic heterocycles. The molecule has 1 aromatic carbocycles. The van der Waals surface area contributed by atoms with E-state index in [2.05, 4.69) is 26.3 Å². The van der Waals surface area contributed by atoms with Crippen molar-refractivity contribution in [3.63, 3.8) is 0 Å². The third kappa shape index (κ3) is 2.84. The van der Waals surface area contributed by atoms with Crippen LogP contribution < -0.4 is 16.0 Å². The summed E-state index contributed by atoms with van der Waals surface area (Å²) in [7, 11) is 1.65. The van der Waals surface area contributed by atoms with Crippen LogP contribution in [0.1, 0.15) is 5.01 Å². The van der Waals surface area contributed by atoms with Gasteiger partial charge in [-0.25, -0.2) is 4.98 Å². The number of rotatable bonds is 4. The smallest absolute Gasteiger partial charge is 0.128 e. The zero-order valence-corrected chi connectivity index (χ0v) is 11.6. The summed E-state index contributed by atoms with van der Waals surface area (Å²) in [6, 6.07) is 5.85.